The normalized spacial score (nSPS) is 14.8. The molecule has 0 radical (unpaired) electrons. The molecule has 0 saturated carbocycles. The van der Waals surface area contributed by atoms with Crippen LogP contribution < -0.4 is 4.74 Å². The number of nitrogens with zero attached hydrogens (tertiary/aromatic N) is 1. The van der Waals surface area contributed by atoms with Crippen LogP contribution in [0.5, 0.6) is 5.75 Å². The van der Waals surface area contributed by atoms with Gasteiger partial charge in [-0.3, -0.25) is 4.79 Å². The van der Waals surface area contributed by atoms with E-state index in [0.717, 1.165) is 34.4 Å². The average Bonchev–Trinajstić information content (AvgIpc) is 2.99. The van der Waals surface area contributed by atoms with Gasteiger partial charge in [-0.15, -0.1) is 11.8 Å². The lowest BCUT2D eigenvalue weighted by Crippen LogP contribution is -2.03. The third-order valence-electron chi connectivity index (χ3n) is 5.89. The van der Waals surface area contributed by atoms with Crippen molar-refractivity contribution in [1.29, 1.82) is 0 Å². The highest BCUT2D eigenvalue weighted by atomic mass is 32.2. The highest BCUT2D eigenvalue weighted by Crippen LogP contribution is 2.45. The van der Waals surface area contributed by atoms with Crippen LogP contribution in [0.4, 0.5) is 13.2 Å². The minimum Gasteiger partial charge on any atom is -0.489 e. The molecule has 8 heteroatoms. The number of hydrogen-bond donors (Lipinski definition) is 1. The molecular formula is C28H20F3NO3S. The van der Waals surface area contributed by atoms with Crippen molar-refractivity contribution in [3.05, 3.63) is 106 Å². The Balaban J connectivity index is 1.48. The number of thioether (sulfide) groups is 1. The van der Waals surface area contributed by atoms with E-state index in [4.69, 9.17) is 9.84 Å². The van der Waals surface area contributed by atoms with Gasteiger partial charge in [0.15, 0.2) is 11.6 Å². The van der Waals surface area contributed by atoms with Crippen LogP contribution in [0.3, 0.4) is 0 Å². The lowest BCUT2D eigenvalue weighted by Gasteiger charge is -2.19. The standard InChI is InChI=1S/C28H20F3NO3S/c29-19-4-7-21-18(12-19)15-35-26-8-2-16(11-22(26)28(21)36-10-9-27(33)34)1-5-20-6-3-17-13-23(30)24(31)14-25(17)32-20/h1-8,11-14,28H,9-10,15H2,(H,33,34)/b5-1+. The Morgan fingerprint density at radius 1 is 1.00 bits per heavy atom. The summed E-state index contributed by atoms with van der Waals surface area (Å²) >= 11 is 1.47. The summed E-state index contributed by atoms with van der Waals surface area (Å²) in [6, 6.07) is 15.8. The molecule has 1 atom stereocenters. The Kier molecular flexibility index (Phi) is 6.69. The van der Waals surface area contributed by atoms with Crippen LogP contribution in [-0.4, -0.2) is 21.8 Å². The zero-order chi connectivity index (χ0) is 25.2. The van der Waals surface area contributed by atoms with Crippen molar-refractivity contribution in [2.75, 3.05) is 5.75 Å². The molecular weight excluding hydrogens is 487 g/mol. The number of benzene rings is 3. The van der Waals surface area contributed by atoms with Gasteiger partial charge in [-0.1, -0.05) is 24.3 Å². The molecule has 0 fully saturated rings. The number of ether oxygens (including phenoxy) is 1. The van der Waals surface area contributed by atoms with Crippen LogP contribution >= 0.6 is 11.8 Å². The van der Waals surface area contributed by atoms with Gasteiger partial charge in [0.25, 0.3) is 0 Å². The second-order valence-corrected chi connectivity index (χ2v) is 9.57. The predicted molar refractivity (Wildman–Crippen MR) is 134 cm³/mol. The van der Waals surface area contributed by atoms with Crippen molar-refractivity contribution >= 4 is 40.8 Å². The number of aliphatic carboxylic acids is 1. The summed E-state index contributed by atoms with van der Waals surface area (Å²) in [5, 5.41) is 9.37. The van der Waals surface area contributed by atoms with E-state index in [2.05, 4.69) is 4.98 Å². The van der Waals surface area contributed by atoms with E-state index in [0.29, 0.717) is 28.1 Å². The first-order valence-electron chi connectivity index (χ1n) is 11.2. The van der Waals surface area contributed by atoms with Crippen molar-refractivity contribution in [3.63, 3.8) is 0 Å². The molecule has 0 aliphatic carbocycles. The largest absolute Gasteiger partial charge is 0.489 e. The number of fused-ring (bicyclic) bond motifs is 3. The molecule has 0 spiro atoms. The van der Waals surface area contributed by atoms with Gasteiger partial charge in [-0.2, -0.15) is 0 Å². The molecule has 0 amide bonds. The Bertz CT molecular complexity index is 1510. The first kappa shape index (κ1) is 23.9. The van der Waals surface area contributed by atoms with E-state index in [1.54, 1.807) is 24.3 Å². The van der Waals surface area contributed by atoms with E-state index < -0.39 is 17.6 Å². The maximum Gasteiger partial charge on any atom is 0.304 e. The Morgan fingerprint density at radius 2 is 1.83 bits per heavy atom. The fraction of sp³-hybridized carbons (Fsp3) is 0.143. The minimum absolute atomic E-state index is 0.00556. The molecule has 4 nitrogen and oxygen atoms in total. The molecule has 1 aliphatic heterocycles. The third-order valence-corrected chi connectivity index (χ3v) is 7.17. The van der Waals surface area contributed by atoms with Crippen molar-refractivity contribution in [3.8, 4) is 5.75 Å². The van der Waals surface area contributed by atoms with Crippen LogP contribution in [0.2, 0.25) is 0 Å². The van der Waals surface area contributed by atoms with Crippen LogP contribution in [0.1, 0.15) is 39.6 Å². The summed E-state index contributed by atoms with van der Waals surface area (Å²) in [6.07, 6.45) is 3.63. The van der Waals surface area contributed by atoms with E-state index in [1.807, 2.05) is 24.3 Å². The molecule has 3 aromatic carbocycles. The fourth-order valence-electron chi connectivity index (χ4n) is 4.14. The van der Waals surface area contributed by atoms with Crippen molar-refractivity contribution in [1.82, 2.24) is 4.98 Å². The van der Waals surface area contributed by atoms with Gasteiger partial charge in [0.05, 0.1) is 22.9 Å². The van der Waals surface area contributed by atoms with Gasteiger partial charge in [0.2, 0.25) is 0 Å². The van der Waals surface area contributed by atoms with E-state index in [9.17, 15) is 18.0 Å². The van der Waals surface area contributed by atoms with Crippen molar-refractivity contribution in [2.45, 2.75) is 18.3 Å². The van der Waals surface area contributed by atoms with Gasteiger partial charge in [-0.25, -0.2) is 18.2 Å². The molecule has 36 heavy (non-hydrogen) atoms. The summed E-state index contributed by atoms with van der Waals surface area (Å²) in [7, 11) is 0. The first-order chi connectivity index (χ1) is 17.4. The van der Waals surface area contributed by atoms with Crippen LogP contribution in [0, 0.1) is 17.5 Å². The van der Waals surface area contributed by atoms with Gasteiger partial charge in [-0.05, 0) is 59.2 Å². The SMILES string of the molecule is O=C(O)CCSC1c2ccc(F)cc2COc2ccc(/C=C/c3ccc4cc(F)c(F)cc4n3)cc21. The lowest BCUT2D eigenvalue weighted by atomic mass is 9.98. The lowest BCUT2D eigenvalue weighted by molar-refractivity contribution is -0.136. The smallest absolute Gasteiger partial charge is 0.304 e. The topological polar surface area (TPSA) is 59.4 Å². The molecule has 1 aliphatic rings. The van der Waals surface area contributed by atoms with Gasteiger partial charge >= 0.3 is 5.97 Å². The Hall–Kier alpha value is -3.78. The number of rotatable bonds is 6. The van der Waals surface area contributed by atoms with Gasteiger partial charge in [0, 0.05) is 22.8 Å². The molecule has 0 bridgehead atoms. The van der Waals surface area contributed by atoms with Crippen LogP contribution in [-0.2, 0) is 11.4 Å². The third kappa shape index (κ3) is 5.09. The monoisotopic (exact) mass is 507 g/mol. The number of carboxylic acid groups (broad SMARTS) is 1. The molecule has 1 aromatic heterocycles. The molecule has 4 aromatic rings. The van der Waals surface area contributed by atoms with Gasteiger partial charge < -0.3 is 9.84 Å². The van der Waals surface area contributed by atoms with Crippen molar-refractivity contribution in [2.24, 2.45) is 0 Å². The number of aromatic nitrogens is 1. The summed E-state index contributed by atoms with van der Waals surface area (Å²) in [5.41, 5.74) is 4.25. The summed E-state index contributed by atoms with van der Waals surface area (Å²) < 4.78 is 47.0. The minimum atomic E-state index is -0.950. The summed E-state index contributed by atoms with van der Waals surface area (Å²) in [5.74, 6) is -2.07. The molecule has 5 rings (SSSR count). The Morgan fingerprint density at radius 3 is 2.67 bits per heavy atom. The summed E-state index contributed by atoms with van der Waals surface area (Å²) in [6.45, 7) is 0.212. The maximum absolute atomic E-state index is 13.9. The second-order valence-electron chi connectivity index (χ2n) is 8.35. The highest BCUT2D eigenvalue weighted by molar-refractivity contribution is 7.99. The molecule has 0 saturated heterocycles. The number of hydrogen-bond acceptors (Lipinski definition) is 4. The molecule has 1 N–H and O–H groups in total. The number of carboxylic acids is 1. The first-order valence-corrected chi connectivity index (χ1v) is 12.2. The maximum atomic E-state index is 13.9. The molecule has 2 heterocycles. The number of halogens is 3. The highest BCUT2D eigenvalue weighted by Gasteiger charge is 2.26. The van der Waals surface area contributed by atoms with Gasteiger partial charge in [0.1, 0.15) is 18.2 Å². The van der Waals surface area contributed by atoms with Crippen LogP contribution in [0.15, 0.2) is 60.7 Å². The quantitative estimate of drug-likeness (QED) is 0.304. The summed E-state index contributed by atoms with van der Waals surface area (Å²) in [4.78, 5) is 15.5. The van der Waals surface area contributed by atoms with Crippen molar-refractivity contribution < 1.29 is 27.8 Å². The fourth-order valence-corrected chi connectivity index (χ4v) is 5.44. The van der Waals surface area contributed by atoms with E-state index in [1.165, 1.54) is 23.9 Å². The average molecular weight is 508 g/mol. The molecule has 1 unspecified atom stereocenters. The zero-order valence-corrected chi connectivity index (χ0v) is 19.7. The second kappa shape index (κ2) is 10.1. The zero-order valence-electron chi connectivity index (χ0n) is 18.9. The number of pyridine rings is 1. The Labute approximate surface area is 209 Å². The predicted octanol–water partition coefficient (Wildman–Crippen LogP) is 7.01. The van der Waals surface area contributed by atoms with E-state index in [-0.39, 0.29) is 24.1 Å². The van der Waals surface area contributed by atoms with E-state index >= 15 is 0 Å². The number of carbonyl (C=O) groups is 1. The molecule has 182 valence electrons. The van der Waals surface area contributed by atoms with Crippen LogP contribution in [0.25, 0.3) is 23.1 Å².